The van der Waals surface area contributed by atoms with E-state index in [9.17, 15) is 14.0 Å². The van der Waals surface area contributed by atoms with Crippen molar-refractivity contribution in [2.24, 2.45) is 0 Å². The van der Waals surface area contributed by atoms with E-state index < -0.39 is 11.7 Å². The first kappa shape index (κ1) is 21.8. The molecule has 170 valence electrons. The number of aromatic amines is 1. The summed E-state index contributed by atoms with van der Waals surface area (Å²) < 4.78 is 13.6. The average Bonchev–Trinajstić information content (AvgIpc) is 3.23. The molecule has 2 aromatic heterocycles. The number of nitrogens with zero attached hydrogens (tertiary/aromatic N) is 3. The lowest BCUT2D eigenvalue weighted by Gasteiger charge is -2.22. The maximum absolute atomic E-state index is 13.6. The Hall–Kier alpha value is -4.04. The highest BCUT2D eigenvalue weighted by molar-refractivity contribution is 6.35. The van der Waals surface area contributed by atoms with Crippen molar-refractivity contribution < 1.29 is 14.0 Å². The number of carbonyl (C=O) groups is 2. The molecule has 0 radical (unpaired) electrons. The molecule has 0 atom stereocenters. The van der Waals surface area contributed by atoms with Crippen molar-refractivity contribution in [3.63, 3.8) is 0 Å². The number of carbonyl (C=O) groups excluding carboxylic acids is 2. The van der Waals surface area contributed by atoms with Gasteiger partial charge in [0.15, 0.2) is 0 Å². The largest absolute Gasteiger partial charge is 0.322 e. The first-order chi connectivity index (χ1) is 16.4. The van der Waals surface area contributed by atoms with Gasteiger partial charge in [0.1, 0.15) is 11.6 Å². The number of aryl methyl sites for hydroxylation is 1. The predicted octanol–water partition coefficient (Wildman–Crippen LogP) is 5.03. The molecule has 0 unspecified atom stereocenters. The van der Waals surface area contributed by atoms with Crippen molar-refractivity contribution in [2.45, 2.75) is 13.3 Å². The Balaban J connectivity index is 1.42. The molecule has 2 aromatic carbocycles. The number of pyridine rings is 1. The van der Waals surface area contributed by atoms with E-state index in [1.54, 1.807) is 36.4 Å². The average molecular weight is 476 g/mol. The molecule has 0 bridgehead atoms. The smallest absolute Gasteiger partial charge is 0.260 e. The molecule has 5 rings (SSSR count). The molecule has 7 nitrogen and oxygen atoms in total. The molecule has 9 heteroatoms. The van der Waals surface area contributed by atoms with Crippen LogP contribution in [0.3, 0.4) is 0 Å². The minimum atomic E-state index is -0.497. The van der Waals surface area contributed by atoms with Gasteiger partial charge in [-0.15, -0.1) is 0 Å². The summed E-state index contributed by atoms with van der Waals surface area (Å²) in [5.41, 5.74) is 4.17. The Morgan fingerprint density at radius 3 is 2.82 bits per heavy atom. The van der Waals surface area contributed by atoms with E-state index in [2.05, 4.69) is 20.5 Å². The van der Waals surface area contributed by atoms with Gasteiger partial charge in [-0.1, -0.05) is 17.7 Å². The third kappa shape index (κ3) is 3.92. The maximum Gasteiger partial charge on any atom is 0.260 e. The van der Waals surface area contributed by atoms with Crippen molar-refractivity contribution in [3.05, 3.63) is 94.0 Å². The number of amides is 2. The summed E-state index contributed by atoms with van der Waals surface area (Å²) in [6, 6.07) is 12.4. The van der Waals surface area contributed by atoms with Crippen molar-refractivity contribution >= 4 is 34.9 Å². The molecule has 0 saturated heterocycles. The Labute approximate surface area is 199 Å². The highest BCUT2D eigenvalue weighted by Gasteiger charge is 2.28. The van der Waals surface area contributed by atoms with Crippen LogP contribution in [0.25, 0.3) is 11.3 Å². The number of halogens is 2. The van der Waals surface area contributed by atoms with E-state index in [-0.39, 0.29) is 22.1 Å². The van der Waals surface area contributed by atoms with Crippen LogP contribution in [0.15, 0.2) is 60.9 Å². The number of benzene rings is 2. The van der Waals surface area contributed by atoms with Gasteiger partial charge in [0.2, 0.25) is 0 Å². The molecule has 1 aliphatic rings. The van der Waals surface area contributed by atoms with Crippen molar-refractivity contribution in [1.29, 1.82) is 0 Å². The van der Waals surface area contributed by atoms with E-state index in [0.29, 0.717) is 30.0 Å². The summed E-state index contributed by atoms with van der Waals surface area (Å²) in [7, 11) is 0. The van der Waals surface area contributed by atoms with Crippen LogP contribution in [0, 0.1) is 12.7 Å². The topological polar surface area (TPSA) is 91.0 Å². The third-order valence-electron chi connectivity index (χ3n) is 5.78. The maximum atomic E-state index is 13.6. The van der Waals surface area contributed by atoms with Gasteiger partial charge in [-0.05, 0) is 66.9 Å². The van der Waals surface area contributed by atoms with Crippen LogP contribution in [0.4, 0.5) is 15.9 Å². The zero-order chi connectivity index (χ0) is 23.8. The molecule has 0 spiro atoms. The molecule has 0 saturated carbocycles. The van der Waals surface area contributed by atoms with E-state index in [4.69, 9.17) is 11.6 Å². The molecular formula is C25H19ClFN5O2. The van der Waals surface area contributed by atoms with Crippen molar-refractivity contribution in [1.82, 2.24) is 15.2 Å². The fourth-order valence-electron chi connectivity index (χ4n) is 4.03. The van der Waals surface area contributed by atoms with Gasteiger partial charge in [0.25, 0.3) is 11.8 Å². The van der Waals surface area contributed by atoms with Crippen LogP contribution >= 0.6 is 11.6 Å². The lowest BCUT2D eigenvalue weighted by Crippen LogP contribution is -2.33. The van der Waals surface area contributed by atoms with Gasteiger partial charge < -0.3 is 5.32 Å². The van der Waals surface area contributed by atoms with Crippen LogP contribution in [0.1, 0.15) is 31.8 Å². The first-order valence-electron chi connectivity index (χ1n) is 10.6. The summed E-state index contributed by atoms with van der Waals surface area (Å²) in [6.45, 7) is 2.13. The van der Waals surface area contributed by atoms with Gasteiger partial charge in [-0.3, -0.25) is 19.6 Å². The van der Waals surface area contributed by atoms with Gasteiger partial charge in [0, 0.05) is 29.6 Å². The lowest BCUT2D eigenvalue weighted by atomic mass is 10.1. The SMILES string of the molecule is Cc1ccc(F)cc1C(=O)Nc1ccc(C(=O)N2CCc3cn[nH]c3-c3cccnc32)c(Cl)c1. The summed E-state index contributed by atoms with van der Waals surface area (Å²) in [5, 5.41) is 10.0. The van der Waals surface area contributed by atoms with Gasteiger partial charge in [-0.25, -0.2) is 9.37 Å². The normalized spacial score (nSPS) is 12.5. The lowest BCUT2D eigenvalue weighted by molar-refractivity contribution is 0.0985. The fraction of sp³-hybridized carbons (Fsp3) is 0.120. The molecule has 1 aliphatic heterocycles. The number of aromatic nitrogens is 3. The van der Waals surface area contributed by atoms with Crippen LogP contribution in [-0.4, -0.2) is 33.5 Å². The second-order valence-corrected chi connectivity index (χ2v) is 8.37. The second-order valence-electron chi connectivity index (χ2n) is 7.96. The van der Waals surface area contributed by atoms with E-state index >= 15 is 0 Å². The summed E-state index contributed by atoms with van der Waals surface area (Å²) >= 11 is 6.47. The Morgan fingerprint density at radius 2 is 2.00 bits per heavy atom. The van der Waals surface area contributed by atoms with E-state index in [1.807, 2.05) is 12.1 Å². The summed E-state index contributed by atoms with van der Waals surface area (Å²) in [4.78, 5) is 32.1. The molecule has 3 heterocycles. The number of hydrogen-bond donors (Lipinski definition) is 2. The highest BCUT2D eigenvalue weighted by atomic mass is 35.5. The fourth-order valence-corrected chi connectivity index (χ4v) is 4.29. The van der Waals surface area contributed by atoms with E-state index in [1.165, 1.54) is 24.3 Å². The Bertz CT molecular complexity index is 1430. The molecule has 0 fully saturated rings. The zero-order valence-corrected chi connectivity index (χ0v) is 18.9. The van der Waals surface area contributed by atoms with Gasteiger partial charge in [-0.2, -0.15) is 5.10 Å². The molecular weight excluding hydrogens is 457 g/mol. The van der Waals surface area contributed by atoms with Crippen molar-refractivity contribution in [2.75, 3.05) is 16.8 Å². The van der Waals surface area contributed by atoms with Crippen molar-refractivity contribution in [3.8, 4) is 11.3 Å². The summed E-state index contributed by atoms with van der Waals surface area (Å²) in [6.07, 6.45) is 3.99. The minimum Gasteiger partial charge on any atom is -0.322 e. The highest BCUT2D eigenvalue weighted by Crippen LogP contribution is 2.35. The van der Waals surface area contributed by atoms with Gasteiger partial charge >= 0.3 is 0 Å². The number of nitrogens with one attached hydrogen (secondary N) is 2. The zero-order valence-electron chi connectivity index (χ0n) is 18.1. The number of fused-ring (bicyclic) bond motifs is 3. The van der Waals surface area contributed by atoms with Crippen LogP contribution in [-0.2, 0) is 6.42 Å². The second kappa shape index (κ2) is 8.72. The standard InChI is InChI=1S/C25H19ClFN5O2/c1-14-4-5-16(27)11-20(14)24(33)30-17-6-7-18(21(26)12-17)25(34)32-10-8-15-13-29-31-22(15)19-3-2-9-28-23(19)32/h2-7,9,11-13H,8,10H2,1H3,(H,29,31)(H,30,33). The first-order valence-corrected chi connectivity index (χ1v) is 11.0. The summed E-state index contributed by atoms with van der Waals surface area (Å²) in [5.74, 6) is -0.747. The van der Waals surface area contributed by atoms with E-state index in [0.717, 1.165) is 16.8 Å². The molecule has 4 aromatic rings. The number of H-pyrrole nitrogens is 1. The third-order valence-corrected chi connectivity index (χ3v) is 6.09. The number of rotatable bonds is 3. The monoisotopic (exact) mass is 475 g/mol. The van der Waals surface area contributed by atoms with Crippen LogP contribution in [0.5, 0.6) is 0 Å². The minimum absolute atomic E-state index is 0.181. The quantitative estimate of drug-likeness (QED) is 0.435. The molecule has 0 aliphatic carbocycles. The number of hydrogen-bond acceptors (Lipinski definition) is 4. The molecule has 34 heavy (non-hydrogen) atoms. The Morgan fingerprint density at radius 1 is 1.15 bits per heavy atom. The number of anilines is 2. The Kier molecular flexibility index (Phi) is 5.59. The molecule has 2 N–H and O–H groups in total. The molecule has 2 amide bonds. The predicted molar refractivity (Wildman–Crippen MR) is 128 cm³/mol. The van der Waals surface area contributed by atoms with Crippen LogP contribution < -0.4 is 10.2 Å². The van der Waals surface area contributed by atoms with Crippen LogP contribution in [0.2, 0.25) is 5.02 Å². The van der Waals surface area contributed by atoms with Gasteiger partial charge in [0.05, 0.1) is 22.5 Å².